The monoisotopic (exact) mass is 350 g/mol. The van der Waals surface area contributed by atoms with Gasteiger partial charge in [-0.3, -0.25) is 10.1 Å². The number of hydrogen-bond donors (Lipinski definition) is 2. The van der Waals surface area contributed by atoms with E-state index < -0.39 is 11.0 Å². The highest BCUT2D eigenvalue weighted by Gasteiger charge is 2.14. The Balaban J connectivity index is 1.95. The molecular weight excluding hydrogens is 336 g/mol. The quantitative estimate of drug-likeness (QED) is 0.619. The minimum atomic E-state index is -0.608. The number of halogens is 1. The predicted molar refractivity (Wildman–Crippen MR) is 83.9 cm³/mol. The highest BCUT2D eigenvalue weighted by Crippen LogP contribution is 2.28. The van der Waals surface area contributed by atoms with E-state index in [1.54, 1.807) is 12.1 Å². The Kier molecular flexibility index (Phi) is 5.44. The van der Waals surface area contributed by atoms with E-state index in [0.717, 1.165) is 11.1 Å². The first-order valence-electron chi connectivity index (χ1n) is 6.45. The lowest BCUT2D eigenvalue weighted by molar-refractivity contribution is -0.385. The molecule has 1 unspecified atom stereocenters. The number of nitro benzene ring substituents is 1. The number of benzene rings is 2. The van der Waals surface area contributed by atoms with Crippen LogP contribution >= 0.6 is 15.9 Å². The van der Waals surface area contributed by atoms with Gasteiger partial charge in [0, 0.05) is 19.2 Å². The van der Waals surface area contributed by atoms with E-state index in [4.69, 9.17) is 0 Å². The standard InChI is InChI=1S/C15H15BrN2O3/c16-15-12(7-4-8-13(15)18(20)21)9-17-10-14(19)11-5-2-1-3-6-11/h1-8,14,17,19H,9-10H2. The fourth-order valence-electron chi connectivity index (χ4n) is 1.98. The number of nitrogens with zero attached hydrogens (tertiary/aromatic N) is 1. The lowest BCUT2D eigenvalue weighted by atomic mass is 10.1. The molecule has 0 fully saturated rings. The molecule has 0 aliphatic heterocycles. The minimum Gasteiger partial charge on any atom is -0.387 e. The van der Waals surface area contributed by atoms with Crippen molar-refractivity contribution >= 4 is 21.6 Å². The summed E-state index contributed by atoms with van der Waals surface area (Å²) in [6, 6.07) is 14.2. The van der Waals surface area contributed by atoms with Crippen molar-refractivity contribution in [2.24, 2.45) is 0 Å². The van der Waals surface area contributed by atoms with Crippen molar-refractivity contribution in [2.75, 3.05) is 6.54 Å². The van der Waals surface area contributed by atoms with Gasteiger partial charge in [-0.25, -0.2) is 0 Å². The topological polar surface area (TPSA) is 75.4 Å². The molecule has 0 spiro atoms. The fraction of sp³-hybridized carbons (Fsp3) is 0.200. The molecule has 2 aromatic rings. The van der Waals surface area contributed by atoms with Gasteiger partial charge >= 0.3 is 0 Å². The van der Waals surface area contributed by atoms with Crippen LogP contribution in [-0.4, -0.2) is 16.6 Å². The van der Waals surface area contributed by atoms with Gasteiger partial charge < -0.3 is 10.4 Å². The molecule has 0 bridgehead atoms. The van der Waals surface area contributed by atoms with E-state index in [0.29, 0.717) is 17.6 Å². The van der Waals surface area contributed by atoms with Crippen LogP contribution in [0.3, 0.4) is 0 Å². The second kappa shape index (κ2) is 7.31. The van der Waals surface area contributed by atoms with Crippen LogP contribution in [0.4, 0.5) is 5.69 Å². The molecule has 2 rings (SSSR count). The molecule has 1 atom stereocenters. The van der Waals surface area contributed by atoms with Gasteiger partial charge in [-0.2, -0.15) is 0 Å². The smallest absolute Gasteiger partial charge is 0.283 e. The van der Waals surface area contributed by atoms with Crippen molar-refractivity contribution < 1.29 is 10.0 Å². The number of aliphatic hydroxyl groups excluding tert-OH is 1. The molecule has 0 saturated carbocycles. The summed E-state index contributed by atoms with van der Waals surface area (Å²) in [5, 5.41) is 24.0. The van der Waals surface area contributed by atoms with Gasteiger partial charge in [0.2, 0.25) is 0 Å². The first kappa shape index (κ1) is 15.6. The number of nitrogens with one attached hydrogen (secondary N) is 1. The van der Waals surface area contributed by atoms with Crippen molar-refractivity contribution in [3.63, 3.8) is 0 Å². The van der Waals surface area contributed by atoms with E-state index in [1.165, 1.54) is 6.07 Å². The molecule has 5 nitrogen and oxygen atoms in total. The summed E-state index contributed by atoms with van der Waals surface area (Å²) in [6.45, 7) is 0.811. The molecule has 0 aliphatic carbocycles. The molecular formula is C15H15BrN2O3. The third kappa shape index (κ3) is 4.10. The van der Waals surface area contributed by atoms with Gasteiger partial charge in [-0.1, -0.05) is 42.5 Å². The Hall–Kier alpha value is -1.76. The number of rotatable bonds is 6. The third-order valence-corrected chi connectivity index (χ3v) is 4.01. The van der Waals surface area contributed by atoms with Gasteiger partial charge in [0.15, 0.2) is 0 Å². The van der Waals surface area contributed by atoms with Crippen LogP contribution in [0, 0.1) is 10.1 Å². The van der Waals surface area contributed by atoms with Crippen LogP contribution in [-0.2, 0) is 6.54 Å². The zero-order valence-corrected chi connectivity index (χ0v) is 12.8. The second-order valence-corrected chi connectivity index (χ2v) is 5.36. The maximum absolute atomic E-state index is 10.9. The van der Waals surface area contributed by atoms with Gasteiger partial charge in [0.1, 0.15) is 0 Å². The highest BCUT2D eigenvalue weighted by atomic mass is 79.9. The summed E-state index contributed by atoms with van der Waals surface area (Å²) in [5.41, 5.74) is 1.66. The second-order valence-electron chi connectivity index (χ2n) is 4.56. The van der Waals surface area contributed by atoms with E-state index >= 15 is 0 Å². The van der Waals surface area contributed by atoms with Gasteiger partial charge in [-0.05, 0) is 27.1 Å². The summed E-state index contributed by atoms with van der Waals surface area (Å²) in [6.07, 6.45) is -0.608. The van der Waals surface area contributed by atoms with Crippen molar-refractivity contribution in [3.8, 4) is 0 Å². The van der Waals surface area contributed by atoms with E-state index in [9.17, 15) is 15.2 Å². The lowest BCUT2D eigenvalue weighted by Crippen LogP contribution is -2.21. The zero-order valence-electron chi connectivity index (χ0n) is 11.2. The van der Waals surface area contributed by atoms with Crippen molar-refractivity contribution in [1.29, 1.82) is 0 Å². The van der Waals surface area contributed by atoms with Crippen LogP contribution in [0.15, 0.2) is 53.0 Å². The molecule has 0 heterocycles. The lowest BCUT2D eigenvalue weighted by Gasteiger charge is -2.12. The normalized spacial score (nSPS) is 12.1. The first-order chi connectivity index (χ1) is 10.1. The van der Waals surface area contributed by atoms with Crippen LogP contribution < -0.4 is 5.32 Å². The minimum absolute atomic E-state index is 0.0397. The van der Waals surface area contributed by atoms with E-state index in [-0.39, 0.29) is 5.69 Å². The largest absolute Gasteiger partial charge is 0.387 e. The Morgan fingerprint density at radius 2 is 1.90 bits per heavy atom. The molecule has 21 heavy (non-hydrogen) atoms. The summed E-state index contributed by atoms with van der Waals surface area (Å²) >= 11 is 3.25. The molecule has 0 aliphatic rings. The number of hydrogen-bond acceptors (Lipinski definition) is 4. The highest BCUT2D eigenvalue weighted by molar-refractivity contribution is 9.10. The third-order valence-electron chi connectivity index (χ3n) is 3.09. The van der Waals surface area contributed by atoms with Gasteiger partial charge in [0.25, 0.3) is 5.69 Å². The van der Waals surface area contributed by atoms with Crippen molar-refractivity contribution in [1.82, 2.24) is 5.32 Å². The molecule has 110 valence electrons. The summed E-state index contributed by atoms with van der Waals surface area (Å²) in [5.74, 6) is 0. The van der Waals surface area contributed by atoms with Crippen molar-refractivity contribution in [2.45, 2.75) is 12.6 Å². The first-order valence-corrected chi connectivity index (χ1v) is 7.24. The Bertz CT molecular complexity index is 620. The predicted octanol–water partition coefficient (Wildman–Crippen LogP) is 3.18. The maximum Gasteiger partial charge on any atom is 0.283 e. The molecule has 0 aromatic heterocycles. The summed E-state index contributed by atoms with van der Waals surface area (Å²) in [7, 11) is 0. The molecule has 2 N–H and O–H groups in total. The van der Waals surface area contributed by atoms with Crippen LogP contribution in [0.5, 0.6) is 0 Å². The molecule has 0 saturated heterocycles. The van der Waals surface area contributed by atoms with Crippen LogP contribution in [0.2, 0.25) is 0 Å². The average molecular weight is 351 g/mol. The SMILES string of the molecule is O=[N+]([O-])c1cccc(CNCC(O)c2ccccc2)c1Br. The summed E-state index contributed by atoms with van der Waals surface area (Å²) < 4.78 is 0.469. The number of aliphatic hydroxyl groups is 1. The average Bonchev–Trinajstić information content (AvgIpc) is 2.49. The van der Waals surface area contributed by atoms with E-state index in [1.807, 2.05) is 30.3 Å². The Labute approximate surface area is 130 Å². The Morgan fingerprint density at radius 3 is 2.57 bits per heavy atom. The molecule has 6 heteroatoms. The van der Waals surface area contributed by atoms with E-state index in [2.05, 4.69) is 21.2 Å². The fourth-order valence-corrected chi connectivity index (χ4v) is 2.53. The van der Waals surface area contributed by atoms with Crippen LogP contribution in [0.1, 0.15) is 17.2 Å². The zero-order chi connectivity index (χ0) is 15.2. The Morgan fingerprint density at radius 1 is 1.19 bits per heavy atom. The van der Waals surface area contributed by atoms with Gasteiger partial charge in [0.05, 0.1) is 15.5 Å². The summed E-state index contributed by atoms with van der Waals surface area (Å²) in [4.78, 5) is 10.4. The van der Waals surface area contributed by atoms with Gasteiger partial charge in [-0.15, -0.1) is 0 Å². The van der Waals surface area contributed by atoms with Crippen molar-refractivity contribution in [3.05, 3.63) is 74.2 Å². The van der Waals surface area contributed by atoms with Crippen LogP contribution in [0.25, 0.3) is 0 Å². The molecule has 0 radical (unpaired) electrons. The molecule has 2 aromatic carbocycles. The molecule has 0 amide bonds. The maximum atomic E-state index is 10.9. The number of nitro groups is 1.